The van der Waals surface area contributed by atoms with Crippen molar-refractivity contribution < 1.29 is 9.47 Å². The number of benzene rings is 1. The van der Waals surface area contributed by atoms with Crippen molar-refractivity contribution in [3.63, 3.8) is 0 Å². The Bertz CT molecular complexity index is 361. The zero-order valence-electron chi connectivity index (χ0n) is 11.1. The minimum absolute atomic E-state index is 0.0357. The van der Waals surface area contributed by atoms with Crippen LogP contribution < -0.4 is 10.5 Å². The van der Waals surface area contributed by atoms with Crippen molar-refractivity contribution in [1.82, 2.24) is 0 Å². The summed E-state index contributed by atoms with van der Waals surface area (Å²) in [6.07, 6.45) is 4.81. The Labute approximate surface area is 109 Å². The maximum atomic E-state index is 6.26. The van der Waals surface area contributed by atoms with Crippen LogP contribution >= 0.6 is 0 Å². The van der Waals surface area contributed by atoms with Crippen molar-refractivity contribution in [3.8, 4) is 5.75 Å². The number of hydrogen-bond acceptors (Lipinski definition) is 3. The van der Waals surface area contributed by atoms with Crippen LogP contribution in [0, 0.1) is 0 Å². The summed E-state index contributed by atoms with van der Waals surface area (Å²) in [5.41, 5.74) is 7.39. The van der Waals surface area contributed by atoms with Crippen molar-refractivity contribution in [2.45, 2.75) is 44.8 Å². The molecule has 2 rings (SSSR count). The molecule has 0 aromatic heterocycles. The number of ether oxygens (including phenoxy) is 2. The molecule has 1 heterocycles. The molecule has 1 fully saturated rings. The predicted molar refractivity (Wildman–Crippen MR) is 72.7 cm³/mol. The largest absolute Gasteiger partial charge is 0.494 e. The average molecular weight is 249 g/mol. The van der Waals surface area contributed by atoms with E-state index in [2.05, 4.69) is 6.07 Å². The Morgan fingerprint density at radius 2 is 2.33 bits per heavy atom. The van der Waals surface area contributed by atoms with Gasteiger partial charge in [0.05, 0.1) is 12.7 Å². The first-order valence-corrected chi connectivity index (χ1v) is 6.89. The van der Waals surface area contributed by atoms with E-state index >= 15 is 0 Å². The van der Waals surface area contributed by atoms with E-state index in [9.17, 15) is 0 Å². The maximum absolute atomic E-state index is 6.26. The summed E-state index contributed by atoms with van der Waals surface area (Å²) in [7, 11) is 0. The molecule has 1 aromatic carbocycles. The van der Waals surface area contributed by atoms with Gasteiger partial charge in [0.1, 0.15) is 5.75 Å². The quantitative estimate of drug-likeness (QED) is 0.872. The van der Waals surface area contributed by atoms with E-state index in [-0.39, 0.29) is 6.04 Å². The highest BCUT2D eigenvalue weighted by Crippen LogP contribution is 2.25. The van der Waals surface area contributed by atoms with Gasteiger partial charge >= 0.3 is 0 Å². The average Bonchev–Trinajstić information content (AvgIpc) is 2.40. The molecule has 100 valence electrons. The van der Waals surface area contributed by atoms with E-state index < -0.39 is 0 Å². The third-order valence-corrected chi connectivity index (χ3v) is 3.39. The van der Waals surface area contributed by atoms with Gasteiger partial charge in [-0.25, -0.2) is 0 Å². The highest BCUT2D eigenvalue weighted by molar-refractivity contribution is 5.30. The van der Waals surface area contributed by atoms with Crippen molar-refractivity contribution in [2.24, 2.45) is 5.73 Å². The van der Waals surface area contributed by atoms with Gasteiger partial charge in [-0.15, -0.1) is 0 Å². The molecular weight excluding hydrogens is 226 g/mol. The second-order valence-electron chi connectivity index (χ2n) is 4.84. The van der Waals surface area contributed by atoms with Crippen molar-refractivity contribution in [1.29, 1.82) is 0 Å². The Morgan fingerprint density at radius 1 is 1.44 bits per heavy atom. The molecule has 2 N–H and O–H groups in total. The van der Waals surface area contributed by atoms with Gasteiger partial charge < -0.3 is 15.2 Å². The summed E-state index contributed by atoms with van der Waals surface area (Å²) < 4.78 is 11.2. The molecule has 1 aliphatic rings. The second kappa shape index (κ2) is 6.76. The van der Waals surface area contributed by atoms with E-state index in [1.54, 1.807) is 0 Å². The molecule has 2 atom stereocenters. The normalized spacial score (nSPS) is 21.6. The summed E-state index contributed by atoms with van der Waals surface area (Å²) >= 11 is 0. The predicted octanol–water partition coefficient (Wildman–Crippen LogP) is 3.04. The summed E-state index contributed by atoms with van der Waals surface area (Å²) in [5.74, 6) is 0.898. The van der Waals surface area contributed by atoms with Gasteiger partial charge in [-0.2, -0.15) is 0 Å². The maximum Gasteiger partial charge on any atom is 0.119 e. The van der Waals surface area contributed by atoms with Crippen LogP contribution in [0.25, 0.3) is 0 Å². The lowest BCUT2D eigenvalue weighted by molar-refractivity contribution is 0.00728. The Morgan fingerprint density at radius 3 is 3.06 bits per heavy atom. The van der Waals surface area contributed by atoms with Crippen LogP contribution in [0.1, 0.15) is 44.2 Å². The number of rotatable bonds is 5. The molecule has 0 radical (unpaired) electrons. The van der Waals surface area contributed by atoms with Gasteiger partial charge in [-0.3, -0.25) is 0 Å². The molecule has 3 heteroatoms. The molecule has 3 nitrogen and oxygen atoms in total. The van der Waals surface area contributed by atoms with Gasteiger partial charge in [0.25, 0.3) is 0 Å². The van der Waals surface area contributed by atoms with E-state index in [1.807, 2.05) is 25.1 Å². The molecule has 0 bridgehead atoms. The monoisotopic (exact) mass is 249 g/mol. The summed E-state index contributed by atoms with van der Waals surface area (Å²) in [5, 5.41) is 0. The SMILES string of the molecule is CCOc1cccc(C(N)CC2CCCCO2)c1. The third-order valence-electron chi connectivity index (χ3n) is 3.39. The molecule has 0 saturated carbocycles. The van der Waals surface area contributed by atoms with Crippen LogP contribution in [0.5, 0.6) is 5.75 Å². The summed E-state index contributed by atoms with van der Waals surface area (Å²) in [6.45, 7) is 3.56. The van der Waals surface area contributed by atoms with E-state index in [0.717, 1.165) is 30.8 Å². The molecule has 0 spiro atoms. The first-order valence-electron chi connectivity index (χ1n) is 6.89. The second-order valence-corrected chi connectivity index (χ2v) is 4.84. The van der Waals surface area contributed by atoms with Crippen LogP contribution in [0.3, 0.4) is 0 Å². The molecular formula is C15H23NO2. The molecule has 0 amide bonds. The number of nitrogens with two attached hydrogens (primary N) is 1. The van der Waals surface area contributed by atoms with Crippen LogP contribution in [0.2, 0.25) is 0 Å². The van der Waals surface area contributed by atoms with Crippen molar-refractivity contribution >= 4 is 0 Å². The molecule has 1 saturated heterocycles. The lowest BCUT2D eigenvalue weighted by atomic mass is 9.97. The Balaban J connectivity index is 1.94. The molecule has 1 aromatic rings. The standard InChI is InChI=1S/C15H23NO2/c1-2-17-13-8-5-6-12(10-13)15(16)11-14-7-3-4-9-18-14/h5-6,8,10,14-15H,2-4,7,9,11,16H2,1H3. The van der Waals surface area contributed by atoms with E-state index in [4.69, 9.17) is 15.2 Å². The van der Waals surface area contributed by atoms with Crippen molar-refractivity contribution in [2.75, 3.05) is 13.2 Å². The van der Waals surface area contributed by atoms with Gasteiger partial charge in [0.15, 0.2) is 0 Å². The fourth-order valence-electron chi connectivity index (χ4n) is 2.41. The Hall–Kier alpha value is -1.06. The van der Waals surface area contributed by atoms with Gasteiger partial charge in [-0.1, -0.05) is 12.1 Å². The topological polar surface area (TPSA) is 44.5 Å². The molecule has 1 aliphatic heterocycles. The fourth-order valence-corrected chi connectivity index (χ4v) is 2.41. The first kappa shape index (κ1) is 13.4. The third kappa shape index (κ3) is 3.72. The van der Waals surface area contributed by atoms with Gasteiger partial charge in [0.2, 0.25) is 0 Å². The highest BCUT2D eigenvalue weighted by Gasteiger charge is 2.18. The molecule has 0 aliphatic carbocycles. The van der Waals surface area contributed by atoms with Crippen LogP contribution in [-0.2, 0) is 4.74 Å². The van der Waals surface area contributed by atoms with Crippen LogP contribution in [0.4, 0.5) is 0 Å². The van der Waals surface area contributed by atoms with Crippen LogP contribution in [-0.4, -0.2) is 19.3 Å². The first-order chi connectivity index (χ1) is 8.79. The zero-order valence-corrected chi connectivity index (χ0v) is 11.1. The molecule has 18 heavy (non-hydrogen) atoms. The smallest absolute Gasteiger partial charge is 0.119 e. The summed E-state index contributed by atoms with van der Waals surface area (Å²) in [4.78, 5) is 0. The number of hydrogen-bond donors (Lipinski definition) is 1. The minimum Gasteiger partial charge on any atom is -0.494 e. The van der Waals surface area contributed by atoms with Crippen LogP contribution in [0.15, 0.2) is 24.3 Å². The minimum atomic E-state index is 0.0357. The van der Waals surface area contributed by atoms with Crippen molar-refractivity contribution in [3.05, 3.63) is 29.8 Å². The van der Waals surface area contributed by atoms with Gasteiger partial charge in [-0.05, 0) is 50.3 Å². The lowest BCUT2D eigenvalue weighted by Crippen LogP contribution is -2.24. The van der Waals surface area contributed by atoms with E-state index in [0.29, 0.717) is 12.7 Å². The lowest BCUT2D eigenvalue weighted by Gasteiger charge is -2.25. The molecule has 2 unspecified atom stereocenters. The van der Waals surface area contributed by atoms with Gasteiger partial charge in [0, 0.05) is 12.6 Å². The van der Waals surface area contributed by atoms with E-state index in [1.165, 1.54) is 12.8 Å². The zero-order chi connectivity index (χ0) is 12.8. The fraction of sp³-hybridized carbons (Fsp3) is 0.600. The Kier molecular flexibility index (Phi) is 5.02. The summed E-state index contributed by atoms with van der Waals surface area (Å²) in [6, 6.07) is 8.11. The highest BCUT2D eigenvalue weighted by atomic mass is 16.5.